The number of rotatable bonds is 5. The molecule has 2 fully saturated rings. The molecule has 3 atom stereocenters. The first kappa shape index (κ1) is 15.5. The molecule has 0 spiro atoms. The lowest BCUT2D eigenvalue weighted by atomic mass is 9.93. The minimum Gasteiger partial charge on any atom is -0.355 e. The van der Waals surface area contributed by atoms with Gasteiger partial charge in [0, 0.05) is 31.2 Å². The molecule has 4 nitrogen and oxygen atoms in total. The maximum absolute atomic E-state index is 11.5. The van der Waals surface area contributed by atoms with E-state index in [4.69, 9.17) is 0 Å². The van der Waals surface area contributed by atoms with Crippen molar-refractivity contribution >= 4 is 5.91 Å². The summed E-state index contributed by atoms with van der Waals surface area (Å²) in [5.41, 5.74) is 1.97. The van der Waals surface area contributed by atoms with Gasteiger partial charge >= 0.3 is 0 Å². The first-order valence-electron chi connectivity index (χ1n) is 8.55. The highest BCUT2D eigenvalue weighted by Crippen LogP contribution is 2.32. The van der Waals surface area contributed by atoms with Crippen LogP contribution < -0.4 is 16.0 Å². The van der Waals surface area contributed by atoms with Crippen LogP contribution in [-0.4, -0.2) is 31.6 Å². The largest absolute Gasteiger partial charge is 0.355 e. The number of carbonyl (C=O) groups excluding carboxylic acids is 1. The van der Waals surface area contributed by atoms with Crippen molar-refractivity contribution in [2.45, 2.75) is 50.7 Å². The van der Waals surface area contributed by atoms with E-state index < -0.39 is 0 Å². The van der Waals surface area contributed by atoms with Gasteiger partial charge in [-0.25, -0.2) is 0 Å². The van der Waals surface area contributed by atoms with E-state index in [0.29, 0.717) is 6.04 Å². The van der Waals surface area contributed by atoms with Gasteiger partial charge in [0.05, 0.1) is 0 Å². The van der Waals surface area contributed by atoms with Gasteiger partial charge in [-0.05, 0) is 55.8 Å². The monoisotopic (exact) mass is 301 g/mol. The van der Waals surface area contributed by atoms with Crippen LogP contribution in [0.1, 0.15) is 48.0 Å². The summed E-state index contributed by atoms with van der Waals surface area (Å²) in [5, 5.41) is 10.1. The number of nitrogens with one attached hydrogen (secondary N) is 3. The molecule has 1 amide bonds. The normalized spacial score (nSPS) is 28.0. The van der Waals surface area contributed by atoms with Crippen molar-refractivity contribution in [3.8, 4) is 0 Å². The van der Waals surface area contributed by atoms with Crippen LogP contribution in [0.5, 0.6) is 0 Å². The summed E-state index contributed by atoms with van der Waals surface area (Å²) in [5.74, 6) is 0.760. The Labute approximate surface area is 133 Å². The Hall–Kier alpha value is -1.39. The van der Waals surface area contributed by atoms with Crippen molar-refractivity contribution in [3.63, 3.8) is 0 Å². The van der Waals surface area contributed by atoms with Gasteiger partial charge in [0.2, 0.25) is 0 Å². The van der Waals surface area contributed by atoms with Crippen molar-refractivity contribution < 1.29 is 4.79 Å². The van der Waals surface area contributed by atoms with Gasteiger partial charge < -0.3 is 16.0 Å². The molecular formula is C18H27N3O. The van der Waals surface area contributed by atoms with E-state index in [2.05, 4.69) is 28.1 Å². The Bertz CT molecular complexity index is 494. The first-order valence-corrected chi connectivity index (χ1v) is 8.55. The molecule has 3 rings (SSSR count). The number of benzene rings is 1. The fourth-order valence-electron chi connectivity index (χ4n) is 3.97. The minimum atomic E-state index is -0.0253. The Morgan fingerprint density at radius 2 is 2.00 bits per heavy atom. The van der Waals surface area contributed by atoms with Crippen molar-refractivity contribution in [1.82, 2.24) is 16.0 Å². The van der Waals surface area contributed by atoms with E-state index in [1.165, 1.54) is 44.2 Å². The highest BCUT2D eigenvalue weighted by molar-refractivity contribution is 5.93. The van der Waals surface area contributed by atoms with Crippen molar-refractivity contribution in [2.24, 2.45) is 5.92 Å². The average Bonchev–Trinajstić information content (AvgIpc) is 3.23. The average molecular weight is 301 g/mol. The number of hydrogen-bond acceptors (Lipinski definition) is 3. The Balaban J connectivity index is 1.54. The molecule has 1 aliphatic carbocycles. The van der Waals surface area contributed by atoms with Crippen molar-refractivity contribution in [3.05, 3.63) is 35.4 Å². The third kappa shape index (κ3) is 3.50. The van der Waals surface area contributed by atoms with Crippen LogP contribution in [0.15, 0.2) is 24.3 Å². The van der Waals surface area contributed by atoms with Crippen LogP contribution in [0, 0.1) is 5.92 Å². The van der Waals surface area contributed by atoms with E-state index in [0.717, 1.165) is 24.1 Å². The summed E-state index contributed by atoms with van der Waals surface area (Å²) < 4.78 is 0. The standard InChI is InChI=1S/C18H27N3O/c1-19-18(22)14-9-7-13(8-10-14)12-21-17-5-2-4-15(17)16-6-3-11-20-16/h7-10,15-17,20-21H,2-6,11-12H2,1H3,(H,19,22). The molecule has 2 aliphatic rings. The second-order valence-electron chi connectivity index (χ2n) is 6.56. The van der Waals surface area contributed by atoms with Crippen molar-refractivity contribution in [1.29, 1.82) is 0 Å². The Morgan fingerprint density at radius 1 is 1.18 bits per heavy atom. The van der Waals surface area contributed by atoms with Gasteiger partial charge in [0.1, 0.15) is 0 Å². The number of amides is 1. The third-order valence-corrected chi connectivity index (χ3v) is 5.20. The molecule has 1 heterocycles. The molecule has 1 saturated heterocycles. The van der Waals surface area contributed by atoms with Crippen LogP contribution in [0.4, 0.5) is 0 Å². The molecule has 22 heavy (non-hydrogen) atoms. The van der Waals surface area contributed by atoms with E-state index in [-0.39, 0.29) is 5.91 Å². The summed E-state index contributed by atoms with van der Waals surface area (Å²) in [6.45, 7) is 2.08. The fourth-order valence-corrected chi connectivity index (χ4v) is 3.97. The van der Waals surface area contributed by atoms with Gasteiger partial charge in [-0.3, -0.25) is 4.79 Å². The molecule has 1 aromatic rings. The van der Waals surface area contributed by atoms with Crippen LogP contribution >= 0.6 is 0 Å². The topological polar surface area (TPSA) is 53.2 Å². The second kappa shape index (κ2) is 7.25. The predicted molar refractivity (Wildman–Crippen MR) is 88.8 cm³/mol. The first-order chi connectivity index (χ1) is 10.8. The zero-order chi connectivity index (χ0) is 15.4. The van der Waals surface area contributed by atoms with E-state index in [9.17, 15) is 4.79 Å². The van der Waals surface area contributed by atoms with Gasteiger partial charge in [-0.1, -0.05) is 18.6 Å². The molecule has 1 aromatic carbocycles. The zero-order valence-corrected chi connectivity index (χ0v) is 13.4. The van der Waals surface area contributed by atoms with Crippen LogP contribution in [0.2, 0.25) is 0 Å². The van der Waals surface area contributed by atoms with Gasteiger partial charge in [-0.2, -0.15) is 0 Å². The molecule has 4 heteroatoms. The van der Waals surface area contributed by atoms with E-state index in [1.54, 1.807) is 7.05 Å². The molecule has 1 aliphatic heterocycles. The molecule has 3 unspecified atom stereocenters. The van der Waals surface area contributed by atoms with Crippen LogP contribution in [0.25, 0.3) is 0 Å². The summed E-state index contributed by atoms with van der Waals surface area (Å²) in [6.07, 6.45) is 6.65. The molecular weight excluding hydrogens is 274 g/mol. The highest BCUT2D eigenvalue weighted by atomic mass is 16.1. The molecule has 120 valence electrons. The summed E-state index contributed by atoms with van der Waals surface area (Å²) in [7, 11) is 1.66. The lowest BCUT2D eigenvalue weighted by Crippen LogP contribution is -2.41. The molecule has 1 saturated carbocycles. The van der Waals surface area contributed by atoms with Crippen LogP contribution in [-0.2, 0) is 6.54 Å². The smallest absolute Gasteiger partial charge is 0.251 e. The SMILES string of the molecule is CNC(=O)c1ccc(CNC2CCCC2C2CCCN2)cc1. The minimum absolute atomic E-state index is 0.0253. The fraction of sp³-hybridized carbons (Fsp3) is 0.611. The van der Waals surface area contributed by atoms with Crippen molar-refractivity contribution in [2.75, 3.05) is 13.6 Å². The summed E-state index contributed by atoms with van der Waals surface area (Å²) in [4.78, 5) is 11.5. The number of carbonyl (C=O) groups is 1. The highest BCUT2D eigenvalue weighted by Gasteiger charge is 2.34. The third-order valence-electron chi connectivity index (χ3n) is 5.20. The van der Waals surface area contributed by atoms with Gasteiger partial charge in [0.25, 0.3) is 5.91 Å². The lowest BCUT2D eigenvalue weighted by Gasteiger charge is -2.26. The summed E-state index contributed by atoms with van der Waals surface area (Å²) in [6, 6.07) is 9.26. The molecule has 3 N–H and O–H groups in total. The van der Waals surface area contributed by atoms with Gasteiger partial charge in [-0.15, -0.1) is 0 Å². The summed E-state index contributed by atoms with van der Waals surface area (Å²) >= 11 is 0. The van der Waals surface area contributed by atoms with E-state index >= 15 is 0 Å². The maximum Gasteiger partial charge on any atom is 0.251 e. The van der Waals surface area contributed by atoms with E-state index in [1.807, 2.05) is 12.1 Å². The molecule has 0 aromatic heterocycles. The molecule has 0 radical (unpaired) electrons. The molecule has 0 bridgehead atoms. The van der Waals surface area contributed by atoms with Crippen LogP contribution in [0.3, 0.4) is 0 Å². The maximum atomic E-state index is 11.5. The quantitative estimate of drug-likeness (QED) is 0.780. The Kier molecular flexibility index (Phi) is 5.11. The number of hydrogen-bond donors (Lipinski definition) is 3. The Morgan fingerprint density at radius 3 is 2.68 bits per heavy atom. The second-order valence-corrected chi connectivity index (χ2v) is 6.56. The van der Waals surface area contributed by atoms with Gasteiger partial charge in [0.15, 0.2) is 0 Å². The zero-order valence-electron chi connectivity index (χ0n) is 13.4. The predicted octanol–water partition coefficient (Wildman–Crippen LogP) is 2.06. The lowest BCUT2D eigenvalue weighted by molar-refractivity contribution is 0.0963.